The normalized spacial score (nSPS) is 16.2. The molecule has 1 saturated heterocycles. The van der Waals surface area contributed by atoms with Gasteiger partial charge in [-0.05, 0) is 65.0 Å². The van der Waals surface area contributed by atoms with E-state index >= 15 is 0 Å². The summed E-state index contributed by atoms with van der Waals surface area (Å²) in [5, 5.41) is 11.6. The minimum atomic E-state index is -0.0537. The van der Waals surface area contributed by atoms with Gasteiger partial charge in [0.25, 0.3) is 0 Å². The molecule has 0 spiro atoms. The van der Waals surface area contributed by atoms with Crippen molar-refractivity contribution < 1.29 is 4.79 Å². The van der Waals surface area contributed by atoms with Gasteiger partial charge in [-0.2, -0.15) is 9.61 Å². The van der Waals surface area contributed by atoms with Crippen LogP contribution in [0.15, 0.2) is 65.3 Å². The molecule has 3 heterocycles. The van der Waals surface area contributed by atoms with Crippen LogP contribution in [-0.4, -0.2) is 45.0 Å². The standard InChI is InChI=1S/C27H28BrClN6O/c1-18(36)32-21-10-8-19(9-11-21)16-34-12-4-5-20(17-34)14-30-26-13-25(22-6-2-3-7-24(22)29)33-27-23(28)15-31-35(26)27/h2-3,6-11,13,15,20,30H,4-5,12,14,16-17H2,1H3,(H,32,36). The fraction of sp³-hybridized carbons (Fsp3) is 0.296. The van der Waals surface area contributed by atoms with Crippen molar-refractivity contribution in [3.63, 3.8) is 0 Å². The second-order valence-electron chi connectivity index (χ2n) is 9.24. The molecule has 186 valence electrons. The third-order valence-corrected chi connectivity index (χ3v) is 7.32. The second-order valence-corrected chi connectivity index (χ2v) is 10.5. The quantitative estimate of drug-likeness (QED) is 0.283. The van der Waals surface area contributed by atoms with Crippen LogP contribution < -0.4 is 10.6 Å². The Morgan fingerprint density at radius 3 is 2.78 bits per heavy atom. The predicted molar refractivity (Wildman–Crippen MR) is 148 cm³/mol. The molecule has 0 aliphatic carbocycles. The van der Waals surface area contributed by atoms with E-state index in [9.17, 15) is 4.79 Å². The van der Waals surface area contributed by atoms with Gasteiger partial charge < -0.3 is 10.6 Å². The Morgan fingerprint density at radius 1 is 1.19 bits per heavy atom. The minimum Gasteiger partial charge on any atom is -0.370 e. The molecule has 0 bridgehead atoms. The molecule has 1 aliphatic heterocycles. The lowest BCUT2D eigenvalue weighted by Gasteiger charge is -2.33. The monoisotopic (exact) mass is 566 g/mol. The van der Waals surface area contributed by atoms with Crippen LogP contribution in [0.3, 0.4) is 0 Å². The maximum absolute atomic E-state index is 11.3. The number of halogens is 2. The Kier molecular flexibility index (Phi) is 7.55. The smallest absolute Gasteiger partial charge is 0.221 e. The number of amides is 1. The lowest BCUT2D eigenvalue weighted by Crippen LogP contribution is -2.37. The molecule has 7 nitrogen and oxygen atoms in total. The largest absolute Gasteiger partial charge is 0.370 e. The fourth-order valence-electron chi connectivity index (χ4n) is 4.73. The summed E-state index contributed by atoms with van der Waals surface area (Å²) < 4.78 is 2.68. The van der Waals surface area contributed by atoms with Gasteiger partial charge in [0.05, 0.1) is 16.4 Å². The summed E-state index contributed by atoms with van der Waals surface area (Å²) in [5.74, 6) is 1.36. The number of piperidine rings is 1. The molecule has 2 aromatic carbocycles. The summed E-state index contributed by atoms with van der Waals surface area (Å²) in [6, 6.07) is 17.9. The van der Waals surface area contributed by atoms with Gasteiger partial charge in [-0.1, -0.05) is 41.9 Å². The summed E-state index contributed by atoms with van der Waals surface area (Å²) >= 11 is 10.0. The van der Waals surface area contributed by atoms with Crippen LogP contribution in [0.4, 0.5) is 11.5 Å². The number of carbonyl (C=O) groups is 1. The van der Waals surface area contributed by atoms with Crippen LogP contribution in [0.25, 0.3) is 16.9 Å². The van der Waals surface area contributed by atoms with Gasteiger partial charge in [0, 0.05) is 48.9 Å². The summed E-state index contributed by atoms with van der Waals surface area (Å²) in [4.78, 5) is 18.6. The molecule has 5 rings (SSSR count). The van der Waals surface area contributed by atoms with Gasteiger partial charge in [0.15, 0.2) is 5.65 Å². The van der Waals surface area contributed by atoms with E-state index in [1.807, 2.05) is 47.0 Å². The summed E-state index contributed by atoms with van der Waals surface area (Å²) in [7, 11) is 0. The van der Waals surface area contributed by atoms with E-state index in [2.05, 4.69) is 48.7 Å². The highest BCUT2D eigenvalue weighted by Crippen LogP contribution is 2.30. The number of fused-ring (bicyclic) bond motifs is 1. The van der Waals surface area contributed by atoms with Gasteiger partial charge >= 0.3 is 0 Å². The zero-order valence-electron chi connectivity index (χ0n) is 20.0. The molecule has 1 unspecified atom stereocenters. The lowest BCUT2D eigenvalue weighted by atomic mass is 9.97. The fourth-order valence-corrected chi connectivity index (χ4v) is 5.32. The molecule has 1 amide bonds. The molecule has 4 aromatic rings. The van der Waals surface area contributed by atoms with Crippen LogP contribution in [0, 0.1) is 5.92 Å². The molecule has 2 N–H and O–H groups in total. The minimum absolute atomic E-state index is 0.0537. The van der Waals surface area contributed by atoms with Crippen LogP contribution >= 0.6 is 27.5 Å². The molecule has 36 heavy (non-hydrogen) atoms. The average Bonchev–Trinajstić information content (AvgIpc) is 3.25. The third-order valence-electron chi connectivity index (χ3n) is 6.43. The number of hydrogen-bond donors (Lipinski definition) is 2. The number of likely N-dealkylation sites (tertiary alicyclic amines) is 1. The predicted octanol–water partition coefficient (Wildman–Crippen LogP) is 6.09. The van der Waals surface area contributed by atoms with Crippen molar-refractivity contribution in [3.05, 3.63) is 75.9 Å². The van der Waals surface area contributed by atoms with Crippen LogP contribution in [0.2, 0.25) is 5.02 Å². The maximum atomic E-state index is 11.3. The highest BCUT2D eigenvalue weighted by Gasteiger charge is 2.21. The maximum Gasteiger partial charge on any atom is 0.221 e. The van der Waals surface area contributed by atoms with Crippen molar-refractivity contribution in [1.29, 1.82) is 0 Å². The van der Waals surface area contributed by atoms with Gasteiger partial charge in [-0.3, -0.25) is 9.69 Å². The number of carbonyl (C=O) groups excluding carboxylic acids is 1. The number of nitrogens with zero attached hydrogens (tertiary/aromatic N) is 4. The number of benzene rings is 2. The Labute approximate surface area is 224 Å². The molecule has 1 atom stereocenters. The summed E-state index contributed by atoms with van der Waals surface area (Å²) in [5.41, 5.74) is 4.54. The van der Waals surface area contributed by atoms with E-state index in [1.165, 1.54) is 25.3 Å². The zero-order valence-corrected chi connectivity index (χ0v) is 22.4. The van der Waals surface area contributed by atoms with Crippen molar-refractivity contribution in [2.45, 2.75) is 26.3 Å². The van der Waals surface area contributed by atoms with E-state index in [-0.39, 0.29) is 5.91 Å². The first-order chi connectivity index (χ1) is 17.5. The Morgan fingerprint density at radius 2 is 2.00 bits per heavy atom. The number of rotatable bonds is 7. The lowest BCUT2D eigenvalue weighted by molar-refractivity contribution is -0.114. The first-order valence-corrected chi connectivity index (χ1v) is 13.3. The Bertz CT molecular complexity index is 1370. The molecule has 1 aliphatic rings. The SMILES string of the molecule is CC(=O)Nc1ccc(CN2CCCC(CNc3cc(-c4ccccc4Cl)nc4c(Br)cnn34)C2)cc1. The van der Waals surface area contributed by atoms with Gasteiger partial charge in [-0.15, -0.1) is 0 Å². The highest BCUT2D eigenvalue weighted by atomic mass is 79.9. The number of hydrogen-bond acceptors (Lipinski definition) is 5. The van der Waals surface area contributed by atoms with Crippen molar-refractivity contribution in [3.8, 4) is 11.3 Å². The Balaban J connectivity index is 1.27. The van der Waals surface area contributed by atoms with E-state index in [1.54, 1.807) is 6.20 Å². The van der Waals surface area contributed by atoms with Crippen molar-refractivity contribution >= 4 is 50.6 Å². The Hall–Kier alpha value is -2.94. The van der Waals surface area contributed by atoms with E-state index in [0.29, 0.717) is 10.9 Å². The molecular weight excluding hydrogens is 540 g/mol. The molecule has 0 saturated carbocycles. The average molecular weight is 568 g/mol. The molecule has 1 fully saturated rings. The first kappa shape index (κ1) is 24.7. The number of anilines is 2. The topological polar surface area (TPSA) is 74.6 Å². The number of nitrogens with one attached hydrogen (secondary N) is 2. The number of aromatic nitrogens is 3. The van der Waals surface area contributed by atoms with Gasteiger partial charge in [0.2, 0.25) is 5.91 Å². The molecule has 2 aromatic heterocycles. The first-order valence-electron chi connectivity index (χ1n) is 12.1. The van der Waals surface area contributed by atoms with Crippen LogP contribution in [0.5, 0.6) is 0 Å². The van der Waals surface area contributed by atoms with Gasteiger partial charge in [0.1, 0.15) is 5.82 Å². The molecule has 9 heteroatoms. The summed E-state index contributed by atoms with van der Waals surface area (Å²) in [6.45, 7) is 5.38. The van der Waals surface area contributed by atoms with Crippen LogP contribution in [-0.2, 0) is 11.3 Å². The second kappa shape index (κ2) is 11.0. The summed E-state index contributed by atoms with van der Waals surface area (Å²) in [6.07, 6.45) is 4.11. The van der Waals surface area contributed by atoms with E-state index < -0.39 is 0 Å². The van der Waals surface area contributed by atoms with Crippen molar-refractivity contribution in [2.75, 3.05) is 30.3 Å². The van der Waals surface area contributed by atoms with E-state index in [0.717, 1.165) is 59.1 Å². The van der Waals surface area contributed by atoms with Crippen LogP contribution in [0.1, 0.15) is 25.3 Å². The zero-order chi connectivity index (χ0) is 25.1. The van der Waals surface area contributed by atoms with E-state index in [4.69, 9.17) is 16.6 Å². The molecule has 0 radical (unpaired) electrons. The van der Waals surface area contributed by atoms with Gasteiger partial charge in [-0.25, -0.2) is 4.98 Å². The van der Waals surface area contributed by atoms with Crippen molar-refractivity contribution in [1.82, 2.24) is 19.5 Å². The molecular formula is C27H28BrClN6O. The third kappa shape index (κ3) is 5.72. The highest BCUT2D eigenvalue weighted by molar-refractivity contribution is 9.10. The van der Waals surface area contributed by atoms with Crippen molar-refractivity contribution in [2.24, 2.45) is 5.92 Å².